The summed E-state index contributed by atoms with van der Waals surface area (Å²) in [6.07, 6.45) is 1.62. The average molecular weight is 296 g/mol. The molecule has 4 nitrogen and oxygen atoms in total. The number of aryl methyl sites for hydroxylation is 1. The van der Waals surface area contributed by atoms with Crippen LogP contribution in [0.3, 0.4) is 0 Å². The van der Waals surface area contributed by atoms with Gasteiger partial charge in [-0.15, -0.1) is 0 Å². The Morgan fingerprint density at radius 2 is 1.84 bits per heavy atom. The van der Waals surface area contributed by atoms with Gasteiger partial charge < -0.3 is 9.88 Å². The molecular weight excluding hydrogens is 281 g/mol. The van der Waals surface area contributed by atoms with Crippen LogP contribution in [0.4, 0.5) is 11.5 Å². The highest BCUT2D eigenvalue weighted by atomic mass is 35.5. The van der Waals surface area contributed by atoms with Gasteiger partial charge in [0, 0.05) is 11.0 Å². The molecule has 0 fully saturated rings. The number of rotatable bonds is 3. The predicted octanol–water partition coefficient (Wildman–Crippen LogP) is 3.43. The van der Waals surface area contributed by atoms with Crippen molar-refractivity contribution in [1.29, 1.82) is 0 Å². The van der Waals surface area contributed by atoms with Crippen LogP contribution >= 0.6 is 18.7 Å². The zero-order valence-corrected chi connectivity index (χ0v) is 12.7. The maximum Gasteiger partial charge on any atom is 0.152 e. The van der Waals surface area contributed by atoms with Crippen molar-refractivity contribution >= 4 is 35.6 Å². The monoisotopic (exact) mass is 295 g/mol. The zero-order valence-electron chi connectivity index (χ0n) is 11.0. The Labute approximate surface area is 117 Å². The maximum absolute atomic E-state index is 11.9. The van der Waals surface area contributed by atoms with E-state index in [0.717, 1.165) is 11.0 Å². The Morgan fingerprint density at radius 3 is 2.37 bits per heavy atom. The molecule has 0 saturated heterocycles. The van der Waals surface area contributed by atoms with Crippen molar-refractivity contribution in [3.8, 4) is 0 Å². The van der Waals surface area contributed by atoms with E-state index >= 15 is 0 Å². The van der Waals surface area contributed by atoms with Crippen LogP contribution in [0.15, 0.2) is 30.5 Å². The van der Waals surface area contributed by atoms with E-state index in [9.17, 15) is 4.57 Å². The first-order valence-electron chi connectivity index (χ1n) is 5.78. The number of nitrogens with one attached hydrogen (secondary N) is 1. The summed E-state index contributed by atoms with van der Waals surface area (Å²) >= 11 is 5.91. The number of hydrogen-bond acceptors (Lipinski definition) is 4. The van der Waals surface area contributed by atoms with E-state index in [2.05, 4.69) is 15.3 Å². The molecule has 1 aromatic heterocycles. The fourth-order valence-corrected chi connectivity index (χ4v) is 2.55. The molecule has 100 valence electrons. The zero-order chi connectivity index (χ0) is 14.0. The number of aromatic nitrogens is 2. The smallest absolute Gasteiger partial charge is 0.152 e. The maximum atomic E-state index is 11.9. The van der Waals surface area contributed by atoms with Gasteiger partial charge in [0.2, 0.25) is 0 Å². The molecule has 19 heavy (non-hydrogen) atoms. The van der Waals surface area contributed by atoms with Gasteiger partial charge in [0.25, 0.3) is 0 Å². The Kier molecular flexibility index (Phi) is 3.93. The molecule has 2 aromatic rings. The second-order valence-electron chi connectivity index (χ2n) is 4.65. The second-order valence-corrected chi connectivity index (χ2v) is 8.23. The fraction of sp³-hybridized carbons (Fsp3) is 0.231. The van der Waals surface area contributed by atoms with Crippen molar-refractivity contribution in [2.24, 2.45) is 0 Å². The van der Waals surface area contributed by atoms with E-state index in [0.29, 0.717) is 16.7 Å². The van der Waals surface area contributed by atoms with E-state index in [1.165, 1.54) is 0 Å². The molecule has 0 radical (unpaired) electrons. The van der Waals surface area contributed by atoms with E-state index in [1.807, 2.05) is 24.3 Å². The van der Waals surface area contributed by atoms with Crippen LogP contribution in [0.25, 0.3) is 0 Å². The van der Waals surface area contributed by atoms with Crippen LogP contribution in [-0.4, -0.2) is 23.3 Å². The fourth-order valence-electron chi connectivity index (χ4n) is 1.54. The minimum Gasteiger partial charge on any atom is -0.339 e. The summed E-state index contributed by atoms with van der Waals surface area (Å²) in [6.45, 7) is 5.30. The molecule has 1 aromatic carbocycles. The molecule has 0 atom stereocenters. The molecule has 0 aliphatic heterocycles. The van der Waals surface area contributed by atoms with Gasteiger partial charge in [-0.2, -0.15) is 0 Å². The Hall–Kier alpha value is -1.38. The summed E-state index contributed by atoms with van der Waals surface area (Å²) in [4.78, 5) is 8.31. The standard InChI is InChI=1S/C13H15ClN3OP/c1-9-13(14)17-12(8-15-9)16-10-4-6-11(7-5-10)19(2,3)18/h4-8H,1-3H3,(H,16,17). The first kappa shape index (κ1) is 14.0. The molecule has 1 heterocycles. The summed E-state index contributed by atoms with van der Waals surface area (Å²) in [6, 6.07) is 7.44. The van der Waals surface area contributed by atoms with Crippen LogP contribution in [-0.2, 0) is 4.57 Å². The SMILES string of the molecule is Cc1ncc(Nc2ccc(P(C)(C)=O)cc2)nc1Cl. The lowest BCUT2D eigenvalue weighted by Crippen LogP contribution is -2.03. The van der Waals surface area contributed by atoms with E-state index in [4.69, 9.17) is 11.6 Å². The van der Waals surface area contributed by atoms with Gasteiger partial charge in [0.05, 0.1) is 11.9 Å². The molecule has 0 saturated carbocycles. The van der Waals surface area contributed by atoms with Gasteiger partial charge in [0.1, 0.15) is 7.14 Å². The quantitative estimate of drug-likeness (QED) is 0.882. The van der Waals surface area contributed by atoms with Crippen LogP contribution in [0.2, 0.25) is 5.15 Å². The third-order valence-electron chi connectivity index (χ3n) is 2.66. The third kappa shape index (κ3) is 3.55. The normalized spacial score (nSPS) is 11.4. The average Bonchev–Trinajstić information content (AvgIpc) is 2.33. The summed E-state index contributed by atoms with van der Waals surface area (Å²) in [5, 5.41) is 4.34. The highest BCUT2D eigenvalue weighted by Gasteiger charge is 2.10. The van der Waals surface area contributed by atoms with Crippen LogP contribution in [0.1, 0.15) is 5.69 Å². The molecule has 1 N–H and O–H groups in total. The lowest BCUT2D eigenvalue weighted by Gasteiger charge is -2.09. The van der Waals surface area contributed by atoms with Gasteiger partial charge in [-0.25, -0.2) is 4.98 Å². The minimum absolute atomic E-state index is 0.383. The van der Waals surface area contributed by atoms with Gasteiger partial charge in [-0.3, -0.25) is 4.98 Å². The van der Waals surface area contributed by atoms with Crippen LogP contribution in [0, 0.1) is 6.92 Å². The van der Waals surface area contributed by atoms with Crippen LogP contribution in [0.5, 0.6) is 0 Å². The molecule has 0 aliphatic rings. The minimum atomic E-state index is -2.21. The number of hydrogen-bond donors (Lipinski definition) is 1. The van der Waals surface area contributed by atoms with Gasteiger partial charge in [0.15, 0.2) is 11.0 Å². The molecule has 0 bridgehead atoms. The molecule has 6 heteroatoms. The van der Waals surface area contributed by atoms with Crippen molar-refractivity contribution in [3.63, 3.8) is 0 Å². The second kappa shape index (κ2) is 5.32. The number of nitrogens with zero attached hydrogens (tertiary/aromatic N) is 2. The number of benzene rings is 1. The van der Waals surface area contributed by atoms with E-state index in [1.54, 1.807) is 26.5 Å². The highest BCUT2D eigenvalue weighted by Crippen LogP contribution is 2.34. The van der Waals surface area contributed by atoms with Crippen molar-refractivity contribution < 1.29 is 4.57 Å². The lowest BCUT2D eigenvalue weighted by atomic mass is 10.3. The van der Waals surface area contributed by atoms with Crippen molar-refractivity contribution in [1.82, 2.24) is 9.97 Å². The first-order valence-corrected chi connectivity index (χ1v) is 8.76. The molecule has 0 amide bonds. The predicted molar refractivity (Wildman–Crippen MR) is 80.6 cm³/mol. The number of halogens is 1. The molecule has 2 rings (SSSR count). The lowest BCUT2D eigenvalue weighted by molar-refractivity contribution is 0.588. The van der Waals surface area contributed by atoms with Crippen molar-refractivity contribution in [3.05, 3.63) is 41.3 Å². The third-order valence-corrected chi connectivity index (χ3v) is 4.56. The topological polar surface area (TPSA) is 54.9 Å². The molecular formula is C13H15ClN3OP. The highest BCUT2D eigenvalue weighted by molar-refractivity contribution is 7.70. The van der Waals surface area contributed by atoms with Crippen LogP contribution < -0.4 is 10.6 Å². The first-order chi connectivity index (χ1) is 8.86. The van der Waals surface area contributed by atoms with E-state index in [-0.39, 0.29) is 0 Å². The Bertz CT molecular complexity index is 637. The summed E-state index contributed by atoms with van der Waals surface area (Å²) < 4.78 is 11.9. The largest absolute Gasteiger partial charge is 0.339 e. The molecule has 0 spiro atoms. The Morgan fingerprint density at radius 1 is 1.21 bits per heavy atom. The van der Waals surface area contributed by atoms with Gasteiger partial charge in [-0.1, -0.05) is 11.6 Å². The molecule has 0 unspecified atom stereocenters. The van der Waals surface area contributed by atoms with Gasteiger partial charge in [-0.05, 0) is 44.5 Å². The summed E-state index contributed by atoms with van der Waals surface area (Å²) in [7, 11) is -2.21. The van der Waals surface area contributed by atoms with Crippen molar-refractivity contribution in [2.45, 2.75) is 6.92 Å². The molecule has 0 aliphatic carbocycles. The van der Waals surface area contributed by atoms with Crippen molar-refractivity contribution in [2.75, 3.05) is 18.6 Å². The summed E-state index contributed by atoms with van der Waals surface area (Å²) in [5.74, 6) is 0.583. The summed E-state index contributed by atoms with van der Waals surface area (Å²) in [5.41, 5.74) is 1.55. The number of anilines is 2. The Balaban J connectivity index is 2.20. The van der Waals surface area contributed by atoms with Gasteiger partial charge >= 0.3 is 0 Å². The van der Waals surface area contributed by atoms with E-state index < -0.39 is 7.14 Å².